The Bertz CT molecular complexity index is 649. The van der Waals surface area contributed by atoms with Gasteiger partial charge in [-0.05, 0) is 49.6 Å². The highest BCUT2D eigenvalue weighted by molar-refractivity contribution is 5.47. The minimum absolute atomic E-state index is 0.165. The molecule has 0 amide bonds. The van der Waals surface area contributed by atoms with Gasteiger partial charge in [0.15, 0.2) is 17.6 Å². The predicted molar refractivity (Wildman–Crippen MR) is 83.9 cm³/mol. The van der Waals surface area contributed by atoms with Gasteiger partial charge < -0.3 is 15.2 Å². The number of aryl methyl sites for hydroxylation is 3. The molecule has 0 saturated carbocycles. The highest BCUT2D eigenvalue weighted by atomic mass is 16.6. The Morgan fingerprint density at radius 2 is 1.62 bits per heavy atom. The molecule has 1 aliphatic rings. The van der Waals surface area contributed by atoms with E-state index < -0.39 is 0 Å². The Morgan fingerprint density at radius 1 is 1.00 bits per heavy atom. The van der Waals surface area contributed by atoms with Gasteiger partial charge in [-0.1, -0.05) is 29.8 Å². The summed E-state index contributed by atoms with van der Waals surface area (Å²) in [5.41, 5.74) is 11.0. The van der Waals surface area contributed by atoms with E-state index in [1.807, 2.05) is 12.1 Å². The maximum atomic E-state index is 6.34. The molecule has 3 nitrogen and oxygen atoms in total. The molecule has 0 spiro atoms. The second kappa shape index (κ2) is 5.41. The molecule has 2 aromatic carbocycles. The second-order valence-corrected chi connectivity index (χ2v) is 5.79. The molecule has 1 aliphatic heterocycles. The first-order valence-electron chi connectivity index (χ1n) is 7.27. The number of hydrogen-bond donors (Lipinski definition) is 1. The highest BCUT2D eigenvalue weighted by Gasteiger charge is 2.28. The summed E-state index contributed by atoms with van der Waals surface area (Å²) in [6, 6.07) is 12.1. The summed E-state index contributed by atoms with van der Waals surface area (Å²) < 4.78 is 11.9. The van der Waals surface area contributed by atoms with Gasteiger partial charge in [0.05, 0.1) is 6.04 Å². The minimum Gasteiger partial charge on any atom is -0.486 e. The number of nitrogens with two attached hydrogens (primary N) is 1. The van der Waals surface area contributed by atoms with Crippen LogP contribution >= 0.6 is 0 Å². The SMILES string of the molecule is Cc1ccc(C(N)C2COc3cc(C)c(C)cc3O2)cc1. The third-order valence-electron chi connectivity index (χ3n) is 4.10. The summed E-state index contributed by atoms with van der Waals surface area (Å²) >= 11 is 0. The molecular formula is C18H21NO2. The van der Waals surface area contributed by atoms with Crippen LogP contribution in [0.3, 0.4) is 0 Å². The van der Waals surface area contributed by atoms with Crippen molar-refractivity contribution in [2.45, 2.75) is 32.9 Å². The van der Waals surface area contributed by atoms with Gasteiger partial charge in [-0.25, -0.2) is 0 Å². The molecule has 21 heavy (non-hydrogen) atoms. The fourth-order valence-corrected chi connectivity index (χ4v) is 2.52. The average molecular weight is 283 g/mol. The van der Waals surface area contributed by atoms with Crippen LogP contribution in [-0.4, -0.2) is 12.7 Å². The first-order chi connectivity index (χ1) is 10.0. The normalized spacial score (nSPS) is 18.4. The van der Waals surface area contributed by atoms with Crippen LogP contribution in [0.5, 0.6) is 11.5 Å². The van der Waals surface area contributed by atoms with Gasteiger partial charge in [-0.15, -0.1) is 0 Å². The molecule has 3 heteroatoms. The van der Waals surface area contributed by atoms with Crippen LogP contribution < -0.4 is 15.2 Å². The van der Waals surface area contributed by atoms with E-state index in [2.05, 4.69) is 45.0 Å². The lowest BCUT2D eigenvalue weighted by molar-refractivity contribution is 0.0719. The Balaban J connectivity index is 1.82. The van der Waals surface area contributed by atoms with Gasteiger partial charge in [0, 0.05) is 0 Å². The van der Waals surface area contributed by atoms with Crippen LogP contribution in [-0.2, 0) is 0 Å². The van der Waals surface area contributed by atoms with Crippen LogP contribution in [0, 0.1) is 20.8 Å². The van der Waals surface area contributed by atoms with Crippen molar-refractivity contribution < 1.29 is 9.47 Å². The van der Waals surface area contributed by atoms with E-state index in [0.717, 1.165) is 17.1 Å². The van der Waals surface area contributed by atoms with Crippen molar-refractivity contribution in [1.82, 2.24) is 0 Å². The minimum atomic E-state index is -0.194. The summed E-state index contributed by atoms with van der Waals surface area (Å²) in [4.78, 5) is 0. The van der Waals surface area contributed by atoms with E-state index in [9.17, 15) is 0 Å². The average Bonchev–Trinajstić information content (AvgIpc) is 2.48. The van der Waals surface area contributed by atoms with Crippen molar-refractivity contribution in [2.75, 3.05) is 6.61 Å². The molecule has 0 saturated heterocycles. The number of benzene rings is 2. The number of fused-ring (bicyclic) bond motifs is 1. The molecule has 0 aliphatic carbocycles. The van der Waals surface area contributed by atoms with Crippen molar-refractivity contribution in [2.24, 2.45) is 5.73 Å². The monoisotopic (exact) mass is 283 g/mol. The van der Waals surface area contributed by atoms with Crippen LogP contribution in [0.4, 0.5) is 0 Å². The first-order valence-corrected chi connectivity index (χ1v) is 7.27. The maximum Gasteiger partial charge on any atom is 0.162 e. The molecular weight excluding hydrogens is 262 g/mol. The molecule has 2 aromatic rings. The Morgan fingerprint density at radius 3 is 2.29 bits per heavy atom. The zero-order valence-electron chi connectivity index (χ0n) is 12.7. The zero-order valence-corrected chi connectivity index (χ0v) is 12.7. The summed E-state index contributed by atoms with van der Waals surface area (Å²) in [5, 5.41) is 0. The van der Waals surface area contributed by atoms with Gasteiger partial charge >= 0.3 is 0 Å². The van der Waals surface area contributed by atoms with E-state index in [1.165, 1.54) is 16.7 Å². The van der Waals surface area contributed by atoms with Crippen molar-refractivity contribution in [3.05, 3.63) is 58.7 Å². The lowest BCUT2D eigenvalue weighted by Crippen LogP contribution is -2.39. The van der Waals surface area contributed by atoms with Crippen molar-refractivity contribution in [3.63, 3.8) is 0 Å². The Kier molecular flexibility index (Phi) is 3.60. The van der Waals surface area contributed by atoms with Crippen molar-refractivity contribution in [3.8, 4) is 11.5 Å². The molecule has 110 valence electrons. The van der Waals surface area contributed by atoms with Gasteiger partial charge in [0.1, 0.15) is 6.61 Å². The van der Waals surface area contributed by atoms with Gasteiger partial charge in [0.2, 0.25) is 0 Å². The molecule has 3 rings (SSSR count). The smallest absolute Gasteiger partial charge is 0.162 e. The third kappa shape index (κ3) is 2.74. The fourth-order valence-electron chi connectivity index (χ4n) is 2.52. The molecule has 0 fully saturated rings. The van der Waals surface area contributed by atoms with E-state index in [-0.39, 0.29) is 12.1 Å². The van der Waals surface area contributed by atoms with E-state index in [0.29, 0.717) is 6.61 Å². The Labute approximate surface area is 125 Å². The van der Waals surface area contributed by atoms with Crippen LogP contribution in [0.25, 0.3) is 0 Å². The molecule has 2 N–H and O–H groups in total. The summed E-state index contributed by atoms with van der Waals surface area (Å²) in [7, 11) is 0. The molecule has 0 aromatic heterocycles. The van der Waals surface area contributed by atoms with E-state index in [4.69, 9.17) is 15.2 Å². The second-order valence-electron chi connectivity index (χ2n) is 5.79. The molecule has 1 heterocycles. The highest BCUT2D eigenvalue weighted by Crippen LogP contribution is 2.36. The van der Waals surface area contributed by atoms with Gasteiger partial charge in [-0.3, -0.25) is 0 Å². The molecule has 0 radical (unpaired) electrons. The lowest BCUT2D eigenvalue weighted by Gasteiger charge is -2.31. The van der Waals surface area contributed by atoms with Crippen LogP contribution in [0.2, 0.25) is 0 Å². The maximum absolute atomic E-state index is 6.34. The summed E-state index contributed by atoms with van der Waals surface area (Å²) in [6.07, 6.45) is -0.165. The summed E-state index contributed by atoms with van der Waals surface area (Å²) in [5.74, 6) is 1.60. The zero-order chi connectivity index (χ0) is 15.0. The number of hydrogen-bond acceptors (Lipinski definition) is 3. The largest absolute Gasteiger partial charge is 0.486 e. The van der Waals surface area contributed by atoms with Gasteiger partial charge in [-0.2, -0.15) is 0 Å². The molecule has 2 atom stereocenters. The van der Waals surface area contributed by atoms with E-state index in [1.54, 1.807) is 0 Å². The lowest BCUT2D eigenvalue weighted by atomic mass is 10.0. The standard InChI is InChI=1S/C18H21NO2/c1-11-4-6-14(7-5-11)18(19)17-10-20-15-8-12(2)13(3)9-16(15)21-17/h4-9,17-18H,10,19H2,1-3H3. The predicted octanol–water partition coefficient (Wildman–Crippen LogP) is 3.45. The third-order valence-corrected chi connectivity index (χ3v) is 4.10. The summed E-state index contributed by atoms with van der Waals surface area (Å²) in [6.45, 7) is 6.69. The number of rotatable bonds is 2. The molecule has 2 unspecified atom stereocenters. The van der Waals surface area contributed by atoms with Gasteiger partial charge in [0.25, 0.3) is 0 Å². The molecule has 0 bridgehead atoms. The van der Waals surface area contributed by atoms with Crippen LogP contribution in [0.15, 0.2) is 36.4 Å². The Hall–Kier alpha value is -2.00. The topological polar surface area (TPSA) is 44.5 Å². The van der Waals surface area contributed by atoms with Crippen molar-refractivity contribution >= 4 is 0 Å². The number of ether oxygens (including phenoxy) is 2. The van der Waals surface area contributed by atoms with Crippen molar-refractivity contribution in [1.29, 1.82) is 0 Å². The quantitative estimate of drug-likeness (QED) is 0.918. The van der Waals surface area contributed by atoms with E-state index >= 15 is 0 Å². The van der Waals surface area contributed by atoms with Crippen LogP contribution in [0.1, 0.15) is 28.3 Å². The fraction of sp³-hybridized carbons (Fsp3) is 0.333. The first kappa shape index (κ1) is 14.0.